The molecule has 1 saturated heterocycles. The van der Waals surface area contributed by atoms with Crippen molar-refractivity contribution in [1.82, 2.24) is 4.57 Å². The lowest BCUT2D eigenvalue weighted by Gasteiger charge is -2.29. The number of methoxy groups -OCH3 is 1. The molecule has 0 spiro atoms. The molecule has 216 valence electrons. The molecule has 1 N–H and O–H groups in total. The topological polar surface area (TPSA) is 111 Å². The number of thiazole rings is 1. The molecule has 0 saturated carbocycles. The van der Waals surface area contributed by atoms with Crippen LogP contribution in [0.1, 0.15) is 22.1 Å². The lowest BCUT2D eigenvalue weighted by molar-refractivity contribution is -0.137. The highest BCUT2D eigenvalue weighted by Crippen LogP contribution is 2.54. The molecule has 14 heteroatoms. The van der Waals surface area contributed by atoms with Gasteiger partial charge in [0.2, 0.25) is 17.7 Å². The van der Waals surface area contributed by atoms with E-state index < -0.39 is 63.7 Å². The third kappa shape index (κ3) is 4.69. The van der Waals surface area contributed by atoms with E-state index in [-0.39, 0.29) is 5.03 Å². The summed E-state index contributed by atoms with van der Waals surface area (Å²) in [5.41, 5.74) is -1.12. The molecule has 3 amide bonds. The van der Waals surface area contributed by atoms with Gasteiger partial charge in [0.25, 0.3) is 0 Å². The van der Waals surface area contributed by atoms with Crippen LogP contribution < -0.4 is 19.8 Å². The molecule has 2 aromatic heterocycles. The number of hydrogen-bond donors (Lipinski definition) is 1. The number of carbonyl (C=O) groups excluding carboxylic acids is 3. The van der Waals surface area contributed by atoms with E-state index >= 15 is 0 Å². The number of fused-ring (bicyclic) bond motifs is 2. The Morgan fingerprint density at radius 1 is 1.02 bits per heavy atom. The van der Waals surface area contributed by atoms with Crippen LogP contribution in [-0.2, 0) is 27.1 Å². The quantitative estimate of drug-likeness (QED) is 0.305. The maximum atomic E-state index is 13.8. The van der Waals surface area contributed by atoms with Gasteiger partial charge in [-0.15, -0.1) is 0 Å². The predicted octanol–water partition coefficient (Wildman–Crippen LogP) is 4.96. The molecule has 2 aromatic carbocycles. The van der Waals surface area contributed by atoms with Gasteiger partial charge in [-0.3, -0.25) is 23.7 Å². The molecular formula is C28H20F3N3O6S2. The number of imide groups is 1. The number of aromatic nitrogens is 1. The number of alkyl halides is 3. The van der Waals surface area contributed by atoms with Crippen molar-refractivity contribution < 1.29 is 36.7 Å². The van der Waals surface area contributed by atoms with Gasteiger partial charge < -0.3 is 14.5 Å². The zero-order chi connectivity index (χ0) is 29.8. The number of furan rings is 1. The Bertz CT molecular complexity index is 1750. The summed E-state index contributed by atoms with van der Waals surface area (Å²) in [4.78, 5) is 54.5. The number of carbonyl (C=O) groups is 3. The summed E-state index contributed by atoms with van der Waals surface area (Å²) in [5, 5.41) is 1.58. The van der Waals surface area contributed by atoms with E-state index in [1.807, 2.05) is 0 Å². The smallest absolute Gasteiger partial charge is 0.418 e. The van der Waals surface area contributed by atoms with Crippen molar-refractivity contribution in [1.29, 1.82) is 0 Å². The highest BCUT2D eigenvalue weighted by Gasteiger charge is 2.57. The van der Waals surface area contributed by atoms with Crippen molar-refractivity contribution in [3.63, 3.8) is 0 Å². The van der Waals surface area contributed by atoms with E-state index in [9.17, 15) is 32.3 Å². The highest BCUT2D eigenvalue weighted by molar-refractivity contribution is 8.00. The minimum absolute atomic E-state index is 0.282. The van der Waals surface area contributed by atoms with Crippen LogP contribution in [0.4, 0.5) is 24.5 Å². The maximum absolute atomic E-state index is 13.8. The van der Waals surface area contributed by atoms with E-state index in [1.165, 1.54) is 25.5 Å². The lowest BCUT2D eigenvalue weighted by atomic mass is 9.87. The summed E-state index contributed by atoms with van der Waals surface area (Å²) >= 11 is 1.79. The predicted molar refractivity (Wildman–Crippen MR) is 148 cm³/mol. The number of thioether (sulfide) groups is 1. The van der Waals surface area contributed by atoms with Crippen LogP contribution in [0.5, 0.6) is 5.75 Å². The number of para-hydroxylation sites is 1. The third-order valence-electron chi connectivity index (χ3n) is 7.04. The normalized spacial score (nSPS) is 19.9. The zero-order valence-corrected chi connectivity index (χ0v) is 23.2. The molecular weight excluding hydrogens is 595 g/mol. The highest BCUT2D eigenvalue weighted by atomic mass is 32.2. The molecule has 2 aliphatic rings. The Balaban J connectivity index is 1.36. The average Bonchev–Trinajstić information content (AvgIpc) is 3.66. The van der Waals surface area contributed by atoms with Gasteiger partial charge in [0.15, 0.2) is 0 Å². The number of amides is 3. The van der Waals surface area contributed by atoms with Gasteiger partial charge in [-0.05, 0) is 48.5 Å². The average molecular weight is 616 g/mol. The zero-order valence-electron chi connectivity index (χ0n) is 21.6. The number of anilines is 2. The van der Waals surface area contributed by atoms with Crippen LogP contribution in [0.15, 0.2) is 81.2 Å². The van der Waals surface area contributed by atoms with Crippen molar-refractivity contribution in [2.75, 3.05) is 17.3 Å². The number of benzene rings is 2. The first-order valence-corrected chi connectivity index (χ1v) is 14.2. The van der Waals surface area contributed by atoms with Gasteiger partial charge in [-0.1, -0.05) is 35.2 Å². The van der Waals surface area contributed by atoms with Gasteiger partial charge in [0.05, 0.1) is 52.1 Å². The van der Waals surface area contributed by atoms with Crippen molar-refractivity contribution in [3.05, 3.63) is 92.8 Å². The molecule has 1 fully saturated rings. The Hall–Kier alpha value is -4.30. The van der Waals surface area contributed by atoms with Crippen LogP contribution in [-0.4, -0.2) is 34.6 Å². The standard InChI is InChI=1S/C28H20F3N3O6S2/c1-39-15-10-8-14(9-11-15)34-24(36)21-20(18-7-4-12-40-18)23-26(41-22(21)25(34)37)33(27(38)42-23)13-19(35)32-17-6-3-2-5-16(17)28(29,30)31/h2-12,20-22H,13H2,1H3,(H,32,35). The van der Waals surface area contributed by atoms with Crippen molar-refractivity contribution in [2.45, 2.75) is 28.9 Å². The summed E-state index contributed by atoms with van der Waals surface area (Å²) in [6.45, 7) is -0.601. The van der Waals surface area contributed by atoms with Gasteiger partial charge in [0.1, 0.15) is 23.3 Å². The third-order valence-corrected chi connectivity index (χ3v) is 9.64. The fourth-order valence-corrected chi connectivity index (χ4v) is 7.94. The Kier molecular flexibility index (Phi) is 6.97. The number of halogens is 3. The second-order valence-electron chi connectivity index (χ2n) is 9.48. The van der Waals surface area contributed by atoms with Crippen molar-refractivity contribution in [3.8, 4) is 5.75 Å². The fraction of sp³-hybridized carbons (Fsp3) is 0.214. The number of hydrogen-bond acceptors (Lipinski definition) is 8. The summed E-state index contributed by atoms with van der Waals surface area (Å²) in [7, 11) is 1.49. The van der Waals surface area contributed by atoms with E-state index in [0.29, 0.717) is 22.1 Å². The largest absolute Gasteiger partial charge is 0.497 e. The summed E-state index contributed by atoms with van der Waals surface area (Å²) in [6, 6.07) is 14.2. The lowest BCUT2D eigenvalue weighted by Crippen LogP contribution is -2.32. The SMILES string of the molecule is COc1ccc(N2C(=O)C3Sc4c(sc(=O)n4CC(=O)Nc4ccccc4C(F)(F)F)C(c4ccco4)C3C2=O)cc1. The minimum Gasteiger partial charge on any atom is -0.497 e. The van der Waals surface area contributed by atoms with Crippen LogP contribution in [0.2, 0.25) is 0 Å². The number of nitrogens with zero attached hydrogens (tertiary/aromatic N) is 2. The molecule has 0 bridgehead atoms. The molecule has 4 heterocycles. The Morgan fingerprint density at radius 2 is 1.76 bits per heavy atom. The molecule has 3 atom stereocenters. The number of rotatable bonds is 6. The molecule has 6 rings (SSSR count). The molecule has 42 heavy (non-hydrogen) atoms. The van der Waals surface area contributed by atoms with Gasteiger partial charge in [-0.2, -0.15) is 13.2 Å². The van der Waals surface area contributed by atoms with E-state index in [2.05, 4.69) is 5.32 Å². The van der Waals surface area contributed by atoms with Gasteiger partial charge >= 0.3 is 11.0 Å². The van der Waals surface area contributed by atoms with E-state index in [1.54, 1.807) is 36.4 Å². The van der Waals surface area contributed by atoms with Crippen molar-refractivity contribution >= 4 is 52.2 Å². The van der Waals surface area contributed by atoms with Gasteiger partial charge in [0, 0.05) is 0 Å². The van der Waals surface area contributed by atoms with E-state index in [0.717, 1.165) is 44.7 Å². The van der Waals surface area contributed by atoms with Crippen LogP contribution in [0.25, 0.3) is 0 Å². The van der Waals surface area contributed by atoms with Crippen LogP contribution >= 0.6 is 23.1 Å². The molecule has 9 nitrogen and oxygen atoms in total. The number of nitrogens with one attached hydrogen (secondary N) is 1. The monoisotopic (exact) mass is 615 g/mol. The van der Waals surface area contributed by atoms with E-state index in [4.69, 9.17) is 9.15 Å². The summed E-state index contributed by atoms with van der Waals surface area (Å²) in [5.74, 6) is -2.63. The number of ether oxygens (including phenoxy) is 1. The van der Waals surface area contributed by atoms with Crippen molar-refractivity contribution in [2.24, 2.45) is 5.92 Å². The Labute approximate surface area is 243 Å². The summed E-state index contributed by atoms with van der Waals surface area (Å²) in [6.07, 6.45) is -3.28. The molecule has 0 radical (unpaired) electrons. The molecule has 0 aliphatic carbocycles. The Morgan fingerprint density at radius 3 is 2.43 bits per heavy atom. The molecule has 3 unspecified atom stereocenters. The summed E-state index contributed by atoms with van der Waals surface area (Å²) < 4.78 is 52.3. The molecule has 2 aliphatic heterocycles. The first-order valence-electron chi connectivity index (χ1n) is 12.5. The maximum Gasteiger partial charge on any atom is 0.418 e. The fourth-order valence-electron chi connectivity index (χ4n) is 5.19. The first kappa shape index (κ1) is 27.8. The second kappa shape index (κ2) is 10.5. The minimum atomic E-state index is -4.70. The van der Waals surface area contributed by atoms with Gasteiger partial charge in [-0.25, -0.2) is 4.90 Å². The van der Waals surface area contributed by atoms with Crippen LogP contribution in [0.3, 0.4) is 0 Å². The first-order chi connectivity index (χ1) is 20.1. The van der Waals surface area contributed by atoms with Crippen LogP contribution in [0, 0.1) is 5.92 Å². The molecule has 4 aromatic rings. The second-order valence-corrected chi connectivity index (χ2v) is 11.6.